The summed E-state index contributed by atoms with van der Waals surface area (Å²) in [5.74, 6) is 0.155. The van der Waals surface area contributed by atoms with Gasteiger partial charge in [0.15, 0.2) is 5.96 Å². The number of piperidine rings is 1. The van der Waals surface area contributed by atoms with Crippen LogP contribution in [0.1, 0.15) is 12.0 Å². The molecule has 0 spiro atoms. The molecular formula is C16H25N3O4. The van der Waals surface area contributed by atoms with Gasteiger partial charge < -0.3 is 31.1 Å². The van der Waals surface area contributed by atoms with Crippen LogP contribution < -0.4 is 5.73 Å². The third-order valence-corrected chi connectivity index (χ3v) is 4.14. The second-order valence-electron chi connectivity index (χ2n) is 5.78. The third kappa shape index (κ3) is 4.42. The van der Waals surface area contributed by atoms with Gasteiger partial charge in [-0.25, -0.2) is 0 Å². The van der Waals surface area contributed by atoms with E-state index in [1.54, 1.807) is 0 Å². The number of aliphatic hydroxyl groups is 4. The molecule has 1 fully saturated rings. The SMILES string of the molecule is NC(=NCCCc1ccccc1)N1CC(O)C(O)C(O)C1CO. The molecule has 128 valence electrons. The Kier molecular flexibility index (Phi) is 6.35. The van der Waals surface area contributed by atoms with Crippen molar-refractivity contribution >= 4 is 5.96 Å². The van der Waals surface area contributed by atoms with Crippen molar-refractivity contribution in [1.82, 2.24) is 4.90 Å². The molecule has 0 amide bonds. The van der Waals surface area contributed by atoms with Crippen molar-refractivity contribution in [3.63, 3.8) is 0 Å². The average Bonchev–Trinajstić information content (AvgIpc) is 2.57. The van der Waals surface area contributed by atoms with Crippen LogP contribution in [0.15, 0.2) is 35.3 Å². The van der Waals surface area contributed by atoms with E-state index in [0.29, 0.717) is 6.54 Å². The van der Waals surface area contributed by atoms with E-state index in [-0.39, 0.29) is 19.1 Å². The van der Waals surface area contributed by atoms with E-state index in [0.717, 1.165) is 12.8 Å². The summed E-state index contributed by atoms with van der Waals surface area (Å²) in [4.78, 5) is 5.71. The highest BCUT2D eigenvalue weighted by Crippen LogP contribution is 2.18. The molecule has 1 aromatic rings. The maximum Gasteiger partial charge on any atom is 0.191 e. The number of likely N-dealkylation sites (tertiary alicyclic amines) is 1. The molecule has 6 N–H and O–H groups in total. The minimum atomic E-state index is -1.30. The first kappa shape index (κ1) is 17.7. The first-order chi connectivity index (χ1) is 11.0. The molecule has 0 aromatic heterocycles. The molecule has 7 nitrogen and oxygen atoms in total. The van der Waals surface area contributed by atoms with Crippen LogP contribution in [0.25, 0.3) is 0 Å². The molecule has 2 rings (SSSR count). The molecule has 4 atom stereocenters. The van der Waals surface area contributed by atoms with Gasteiger partial charge in [0, 0.05) is 13.1 Å². The maximum absolute atomic E-state index is 9.93. The van der Waals surface area contributed by atoms with Gasteiger partial charge in [-0.2, -0.15) is 0 Å². The molecular weight excluding hydrogens is 298 g/mol. The normalized spacial score (nSPS) is 28.9. The predicted octanol–water partition coefficient (Wildman–Crippen LogP) is -1.31. The number of hydrogen-bond acceptors (Lipinski definition) is 5. The number of hydrogen-bond donors (Lipinski definition) is 5. The molecule has 1 aliphatic heterocycles. The fourth-order valence-electron chi connectivity index (χ4n) is 2.77. The van der Waals surface area contributed by atoms with Crippen molar-refractivity contribution in [2.24, 2.45) is 10.7 Å². The summed E-state index contributed by atoms with van der Waals surface area (Å²) in [6.45, 7) is 0.146. The van der Waals surface area contributed by atoms with Gasteiger partial charge in [0.1, 0.15) is 18.3 Å². The maximum atomic E-state index is 9.93. The molecule has 1 aromatic carbocycles. The molecule has 23 heavy (non-hydrogen) atoms. The molecule has 1 saturated heterocycles. The minimum Gasteiger partial charge on any atom is -0.394 e. The van der Waals surface area contributed by atoms with Gasteiger partial charge in [0.25, 0.3) is 0 Å². The van der Waals surface area contributed by atoms with Gasteiger partial charge >= 0.3 is 0 Å². The minimum absolute atomic E-state index is 0.0253. The van der Waals surface area contributed by atoms with Gasteiger partial charge in [-0.3, -0.25) is 4.99 Å². The molecule has 1 aliphatic rings. The first-order valence-electron chi connectivity index (χ1n) is 7.80. The van der Waals surface area contributed by atoms with Crippen molar-refractivity contribution in [1.29, 1.82) is 0 Å². The lowest BCUT2D eigenvalue weighted by atomic mass is 9.94. The van der Waals surface area contributed by atoms with E-state index in [1.807, 2.05) is 30.3 Å². The van der Waals surface area contributed by atoms with Gasteiger partial charge in [0.05, 0.1) is 12.6 Å². The van der Waals surface area contributed by atoms with Gasteiger partial charge in [-0.05, 0) is 18.4 Å². The number of β-amino-alcohol motifs (C(OH)–C–C–N with tert-alkyl or cyclic N) is 1. The Balaban J connectivity index is 1.91. The van der Waals surface area contributed by atoms with Gasteiger partial charge in [0.2, 0.25) is 0 Å². The Morgan fingerprint density at radius 2 is 1.87 bits per heavy atom. The molecule has 0 radical (unpaired) electrons. The fraction of sp³-hybridized carbons (Fsp3) is 0.562. The highest BCUT2D eigenvalue weighted by Gasteiger charge is 2.41. The Bertz CT molecular complexity index is 511. The molecule has 0 saturated carbocycles. The van der Waals surface area contributed by atoms with Crippen LogP contribution in [0.4, 0.5) is 0 Å². The predicted molar refractivity (Wildman–Crippen MR) is 86.9 cm³/mol. The Morgan fingerprint density at radius 3 is 2.52 bits per heavy atom. The summed E-state index contributed by atoms with van der Waals surface area (Å²) in [6.07, 6.45) is -2.01. The lowest BCUT2D eigenvalue weighted by Crippen LogP contribution is -2.65. The molecule has 7 heteroatoms. The van der Waals surface area contributed by atoms with E-state index >= 15 is 0 Å². The van der Waals surface area contributed by atoms with Crippen LogP contribution in [0.3, 0.4) is 0 Å². The molecule has 4 unspecified atom stereocenters. The number of aliphatic hydroxyl groups excluding tert-OH is 4. The van der Waals surface area contributed by atoms with Gasteiger partial charge in [-0.15, -0.1) is 0 Å². The van der Waals surface area contributed by atoms with Crippen LogP contribution in [0.5, 0.6) is 0 Å². The van der Waals surface area contributed by atoms with E-state index in [4.69, 9.17) is 5.73 Å². The van der Waals surface area contributed by atoms with E-state index in [2.05, 4.69) is 4.99 Å². The zero-order valence-electron chi connectivity index (χ0n) is 13.0. The summed E-state index contributed by atoms with van der Waals surface area (Å²) in [5.41, 5.74) is 7.15. The largest absolute Gasteiger partial charge is 0.394 e. The smallest absolute Gasteiger partial charge is 0.191 e. The quantitative estimate of drug-likeness (QED) is 0.261. The van der Waals surface area contributed by atoms with Crippen molar-refractivity contribution in [3.05, 3.63) is 35.9 Å². The number of guanidine groups is 1. The zero-order chi connectivity index (χ0) is 16.8. The van der Waals surface area contributed by atoms with Gasteiger partial charge in [-0.1, -0.05) is 30.3 Å². The van der Waals surface area contributed by atoms with Crippen LogP contribution in [-0.4, -0.2) is 75.3 Å². The van der Waals surface area contributed by atoms with E-state index < -0.39 is 24.4 Å². The zero-order valence-corrected chi connectivity index (χ0v) is 13.0. The Morgan fingerprint density at radius 1 is 1.17 bits per heavy atom. The fourth-order valence-corrected chi connectivity index (χ4v) is 2.77. The van der Waals surface area contributed by atoms with Crippen molar-refractivity contribution in [2.75, 3.05) is 19.7 Å². The number of nitrogens with two attached hydrogens (primary N) is 1. The second kappa shape index (κ2) is 8.26. The number of nitrogens with zero attached hydrogens (tertiary/aromatic N) is 2. The van der Waals surface area contributed by atoms with Crippen LogP contribution in [0, 0.1) is 0 Å². The lowest BCUT2D eigenvalue weighted by molar-refractivity contribution is -0.128. The third-order valence-electron chi connectivity index (χ3n) is 4.14. The monoisotopic (exact) mass is 323 g/mol. The molecule has 1 heterocycles. The van der Waals surface area contributed by atoms with Crippen molar-refractivity contribution < 1.29 is 20.4 Å². The Hall–Kier alpha value is -1.67. The highest BCUT2D eigenvalue weighted by molar-refractivity contribution is 5.78. The molecule has 0 bridgehead atoms. The highest BCUT2D eigenvalue weighted by atomic mass is 16.4. The summed E-state index contributed by atoms with van der Waals surface area (Å²) in [5, 5.41) is 38.8. The standard InChI is InChI=1S/C16H25N3O4/c17-16(18-8-4-7-11-5-2-1-3-6-11)19-9-13(21)15(23)14(22)12(19)10-20/h1-3,5-6,12-15,20-23H,4,7-10H2,(H2,17,18). The van der Waals surface area contributed by atoms with Crippen LogP contribution >= 0.6 is 0 Å². The van der Waals surface area contributed by atoms with Crippen molar-refractivity contribution in [2.45, 2.75) is 37.2 Å². The average molecular weight is 323 g/mol. The number of rotatable bonds is 5. The molecule has 0 aliphatic carbocycles. The first-order valence-corrected chi connectivity index (χ1v) is 7.80. The Labute approximate surface area is 135 Å². The lowest BCUT2D eigenvalue weighted by Gasteiger charge is -2.43. The van der Waals surface area contributed by atoms with Crippen LogP contribution in [0.2, 0.25) is 0 Å². The van der Waals surface area contributed by atoms with E-state index in [9.17, 15) is 20.4 Å². The number of benzene rings is 1. The summed E-state index contributed by atoms with van der Waals surface area (Å²) in [6, 6.07) is 9.27. The summed E-state index contributed by atoms with van der Waals surface area (Å²) >= 11 is 0. The topological polar surface area (TPSA) is 123 Å². The summed E-state index contributed by atoms with van der Waals surface area (Å²) in [7, 11) is 0. The number of aryl methyl sites for hydroxylation is 1. The van der Waals surface area contributed by atoms with E-state index in [1.165, 1.54) is 10.5 Å². The van der Waals surface area contributed by atoms with Crippen molar-refractivity contribution in [3.8, 4) is 0 Å². The summed E-state index contributed by atoms with van der Waals surface area (Å²) < 4.78 is 0. The van der Waals surface area contributed by atoms with Crippen LogP contribution in [-0.2, 0) is 6.42 Å². The second-order valence-corrected chi connectivity index (χ2v) is 5.78. The number of aliphatic imine (C=N–C) groups is 1.